The van der Waals surface area contributed by atoms with Crippen LogP contribution in [0.1, 0.15) is 30.4 Å². The summed E-state index contributed by atoms with van der Waals surface area (Å²) in [5.41, 5.74) is 3.43. The van der Waals surface area contributed by atoms with Gasteiger partial charge in [0.2, 0.25) is 0 Å². The molecule has 0 spiro atoms. The van der Waals surface area contributed by atoms with Crippen molar-refractivity contribution in [3.05, 3.63) is 29.3 Å². The number of hydrogen-bond acceptors (Lipinski definition) is 2. The van der Waals surface area contributed by atoms with Gasteiger partial charge in [-0.05, 0) is 31.4 Å². The molecule has 0 aromatic heterocycles. The first-order valence-corrected chi connectivity index (χ1v) is 5.95. The van der Waals surface area contributed by atoms with E-state index < -0.39 is 5.97 Å². The van der Waals surface area contributed by atoms with Gasteiger partial charge in [-0.3, -0.25) is 4.79 Å². The Labute approximate surface area is 102 Å². The van der Waals surface area contributed by atoms with Gasteiger partial charge in [-0.1, -0.05) is 17.7 Å². The molecule has 0 atom stereocenters. The maximum Gasteiger partial charge on any atom is 0.304 e. The van der Waals surface area contributed by atoms with Gasteiger partial charge in [0.25, 0.3) is 0 Å². The molecule has 0 bridgehead atoms. The Morgan fingerprint density at radius 2 is 2.06 bits per heavy atom. The predicted octanol–water partition coefficient (Wildman–Crippen LogP) is 2.57. The maximum atomic E-state index is 11.0. The number of nitrogens with zero attached hydrogens (tertiary/aromatic N) is 1. The SMILES string of the molecule is Cc1ccc(N(C)C)c(C2(CC(=O)O)CC2)c1. The minimum absolute atomic E-state index is 0.114. The molecular weight excluding hydrogens is 214 g/mol. The molecule has 0 aliphatic heterocycles. The molecule has 0 saturated heterocycles. The number of anilines is 1. The van der Waals surface area contributed by atoms with Crippen LogP contribution in [0, 0.1) is 6.92 Å². The molecule has 92 valence electrons. The Morgan fingerprint density at radius 1 is 1.41 bits per heavy atom. The predicted molar refractivity (Wildman–Crippen MR) is 68.7 cm³/mol. The zero-order valence-electron chi connectivity index (χ0n) is 10.7. The zero-order chi connectivity index (χ0) is 12.6. The monoisotopic (exact) mass is 233 g/mol. The van der Waals surface area contributed by atoms with Crippen molar-refractivity contribution < 1.29 is 9.90 Å². The van der Waals surface area contributed by atoms with Gasteiger partial charge in [0.1, 0.15) is 0 Å². The molecule has 17 heavy (non-hydrogen) atoms. The molecule has 0 radical (unpaired) electrons. The lowest BCUT2D eigenvalue weighted by atomic mass is 9.89. The molecule has 0 unspecified atom stereocenters. The minimum atomic E-state index is -0.700. The van der Waals surface area contributed by atoms with Crippen LogP contribution < -0.4 is 4.90 Å². The maximum absolute atomic E-state index is 11.0. The van der Waals surface area contributed by atoms with E-state index in [1.165, 1.54) is 11.1 Å². The largest absolute Gasteiger partial charge is 0.481 e. The number of carboxylic acids is 1. The van der Waals surface area contributed by atoms with E-state index in [-0.39, 0.29) is 11.8 Å². The lowest BCUT2D eigenvalue weighted by Crippen LogP contribution is -2.19. The van der Waals surface area contributed by atoms with Crippen LogP contribution in [0.3, 0.4) is 0 Å². The molecule has 1 aliphatic rings. The van der Waals surface area contributed by atoms with Crippen LogP contribution in [-0.4, -0.2) is 25.2 Å². The van der Waals surface area contributed by atoms with Gasteiger partial charge in [-0.2, -0.15) is 0 Å². The van der Waals surface area contributed by atoms with Crippen LogP contribution in [0.5, 0.6) is 0 Å². The first kappa shape index (κ1) is 12.0. The Hall–Kier alpha value is -1.51. The van der Waals surface area contributed by atoms with Gasteiger partial charge < -0.3 is 10.0 Å². The summed E-state index contributed by atoms with van der Waals surface area (Å²) in [6, 6.07) is 6.31. The average molecular weight is 233 g/mol. The summed E-state index contributed by atoms with van der Waals surface area (Å²) in [5.74, 6) is -0.700. The number of benzene rings is 1. The molecule has 2 rings (SSSR count). The van der Waals surface area contributed by atoms with Gasteiger partial charge in [-0.15, -0.1) is 0 Å². The molecule has 1 aliphatic carbocycles. The van der Waals surface area contributed by atoms with Crippen molar-refractivity contribution in [2.75, 3.05) is 19.0 Å². The molecule has 1 N–H and O–H groups in total. The highest BCUT2D eigenvalue weighted by atomic mass is 16.4. The molecule has 0 heterocycles. The van der Waals surface area contributed by atoms with E-state index in [0.717, 1.165) is 18.5 Å². The van der Waals surface area contributed by atoms with E-state index in [2.05, 4.69) is 30.0 Å². The van der Waals surface area contributed by atoms with E-state index in [4.69, 9.17) is 5.11 Å². The first-order valence-electron chi connectivity index (χ1n) is 5.95. The van der Waals surface area contributed by atoms with Crippen LogP contribution in [-0.2, 0) is 10.2 Å². The lowest BCUT2D eigenvalue weighted by Gasteiger charge is -2.23. The smallest absolute Gasteiger partial charge is 0.304 e. The quantitative estimate of drug-likeness (QED) is 0.869. The fourth-order valence-corrected chi connectivity index (χ4v) is 2.45. The lowest BCUT2D eigenvalue weighted by molar-refractivity contribution is -0.137. The van der Waals surface area contributed by atoms with Crippen molar-refractivity contribution in [3.63, 3.8) is 0 Å². The third-order valence-corrected chi connectivity index (χ3v) is 3.55. The van der Waals surface area contributed by atoms with Crippen LogP contribution in [0.25, 0.3) is 0 Å². The van der Waals surface area contributed by atoms with Crippen molar-refractivity contribution in [1.29, 1.82) is 0 Å². The molecule has 0 amide bonds. The third kappa shape index (κ3) is 2.28. The topological polar surface area (TPSA) is 40.5 Å². The molecule has 1 aromatic carbocycles. The second kappa shape index (κ2) is 4.06. The van der Waals surface area contributed by atoms with Crippen molar-refractivity contribution in [2.24, 2.45) is 0 Å². The fraction of sp³-hybridized carbons (Fsp3) is 0.500. The summed E-state index contributed by atoms with van der Waals surface area (Å²) < 4.78 is 0. The summed E-state index contributed by atoms with van der Waals surface area (Å²) in [6.45, 7) is 2.06. The summed E-state index contributed by atoms with van der Waals surface area (Å²) in [7, 11) is 4.01. The number of rotatable bonds is 4. The first-order chi connectivity index (χ1) is 7.94. The normalized spacial score (nSPS) is 16.6. The summed E-state index contributed by atoms with van der Waals surface area (Å²) in [4.78, 5) is 13.0. The van der Waals surface area contributed by atoms with E-state index >= 15 is 0 Å². The average Bonchev–Trinajstić information content (AvgIpc) is 2.97. The van der Waals surface area contributed by atoms with Crippen molar-refractivity contribution >= 4 is 11.7 Å². The van der Waals surface area contributed by atoms with Crippen LogP contribution in [0.2, 0.25) is 0 Å². The molecule has 1 fully saturated rings. The molecular formula is C14H19NO2. The molecule has 3 nitrogen and oxygen atoms in total. The van der Waals surface area contributed by atoms with Crippen molar-refractivity contribution in [2.45, 2.75) is 31.6 Å². The standard InChI is InChI=1S/C14H19NO2/c1-10-4-5-12(15(2)3)11(8-10)14(6-7-14)9-13(16)17/h4-5,8H,6-7,9H2,1-3H3,(H,16,17). The Balaban J connectivity index is 2.43. The number of aryl methyl sites for hydroxylation is 1. The number of aliphatic carboxylic acids is 1. The Bertz CT molecular complexity index is 448. The van der Waals surface area contributed by atoms with Crippen molar-refractivity contribution in [1.82, 2.24) is 0 Å². The highest BCUT2D eigenvalue weighted by Crippen LogP contribution is 2.53. The second-order valence-electron chi connectivity index (χ2n) is 5.27. The van der Waals surface area contributed by atoms with Gasteiger partial charge in [0.05, 0.1) is 6.42 Å². The molecule has 3 heteroatoms. The Morgan fingerprint density at radius 3 is 2.53 bits per heavy atom. The summed E-state index contributed by atoms with van der Waals surface area (Å²) >= 11 is 0. The van der Waals surface area contributed by atoms with Crippen molar-refractivity contribution in [3.8, 4) is 0 Å². The highest BCUT2D eigenvalue weighted by molar-refractivity contribution is 5.72. The van der Waals surface area contributed by atoms with Crippen LogP contribution in [0.4, 0.5) is 5.69 Å². The van der Waals surface area contributed by atoms with E-state index in [0.29, 0.717) is 0 Å². The highest BCUT2D eigenvalue weighted by Gasteiger charge is 2.47. The number of hydrogen-bond donors (Lipinski definition) is 1. The third-order valence-electron chi connectivity index (χ3n) is 3.55. The molecule has 1 saturated carbocycles. The van der Waals surface area contributed by atoms with Gasteiger partial charge in [0.15, 0.2) is 0 Å². The Kier molecular flexibility index (Phi) is 2.86. The minimum Gasteiger partial charge on any atom is -0.481 e. The van der Waals surface area contributed by atoms with Crippen LogP contribution >= 0.6 is 0 Å². The summed E-state index contributed by atoms with van der Waals surface area (Å²) in [6.07, 6.45) is 2.23. The second-order valence-corrected chi connectivity index (χ2v) is 5.27. The summed E-state index contributed by atoms with van der Waals surface area (Å²) in [5, 5.41) is 9.04. The number of carbonyl (C=O) groups is 1. The van der Waals surface area contributed by atoms with E-state index in [1.807, 2.05) is 14.1 Å². The van der Waals surface area contributed by atoms with Gasteiger partial charge in [0, 0.05) is 25.2 Å². The van der Waals surface area contributed by atoms with Gasteiger partial charge >= 0.3 is 5.97 Å². The van der Waals surface area contributed by atoms with Crippen LogP contribution in [0.15, 0.2) is 18.2 Å². The van der Waals surface area contributed by atoms with Gasteiger partial charge in [-0.25, -0.2) is 0 Å². The zero-order valence-corrected chi connectivity index (χ0v) is 10.7. The number of carboxylic acid groups (broad SMARTS) is 1. The fourth-order valence-electron chi connectivity index (χ4n) is 2.45. The van der Waals surface area contributed by atoms with E-state index in [1.54, 1.807) is 0 Å². The van der Waals surface area contributed by atoms with E-state index in [9.17, 15) is 4.79 Å². The molecule has 1 aromatic rings.